The van der Waals surface area contributed by atoms with E-state index >= 15 is 0 Å². The molecule has 3 saturated carbocycles. The Bertz CT molecular complexity index is 1090. The highest BCUT2D eigenvalue weighted by atomic mass is 16.4. The summed E-state index contributed by atoms with van der Waals surface area (Å²) in [5.74, 6) is 0.862. The van der Waals surface area contributed by atoms with Crippen molar-refractivity contribution in [2.75, 3.05) is 0 Å². The average Bonchev–Trinajstić information content (AvgIpc) is 3.28. The van der Waals surface area contributed by atoms with Crippen molar-refractivity contribution in [2.24, 2.45) is 23.2 Å². The van der Waals surface area contributed by atoms with Gasteiger partial charge >= 0.3 is 0 Å². The predicted octanol–water partition coefficient (Wildman–Crippen LogP) is 4.50. The van der Waals surface area contributed by atoms with E-state index in [4.69, 9.17) is 0 Å². The van der Waals surface area contributed by atoms with Crippen LogP contribution < -0.4 is 0 Å². The molecule has 4 aliphatic carbocycles. The molecule has 4 N–H and O–H groups in total. The smallest absolute Gasteiger partial charge is 0.0972 e. The molecule has 6 unspecified atom stereocenters. The molecule has 2 aromatic rings. The number of fused-ring (bicyclic) bond motifs is 5. The zero-order valence-electron chi connectivity index (χ0n) is 19.3. The molecule has 1 aromatic heterocycles. The maximum atomic E-state index is 12.3. The highest BCUT2D eigenvalue weighted by molar-refractivity contribution is 5.86. The predicted molar refractivity (Wildman–Crippen MR) is 125 cm³/mol. The second kappa shape index (κ2) is 6.91. The van der Waals surface area contributed by atoms with Crippen LogP contribution in [0.3, 0.4) is 0 Å². The molecule has 172 valence electrons. The van der Waals surface area contributed by atoms with Gasteiger partial charge in [-0.1, -0.05) is 19.1 Å². The van der Waals surface area contributed by atoms with Gasteiger partial charge in [-0.25, -0.2) is 0 Å². The number of hydrogen-bond acceptors (Lipinski definition) is 4. The second-order valence-corrected chi connectivity index (χ2v) is 11.6. The standard InChI is InChI=1S/C27H36N2O3/c1-16-21-14-18(4-7-23(21)29-28-16)22-6-8-24-25(22,2)11-12-26(31)15-19-13-20(30)5-3-17(19)9-10-27(24,26)32/h4,6-7,14,17,19-20,24,30-32H,3,5,8-13,15H2,1-2H3,(H,28,29)/t17?,19?,20?,24?,25?,26?,27-/m0/s1. The Hall–Kier alpha value is -1.69. The van der Waals surface area contributed by atoms with Crippen molar-refractivity contribution in [1.29, 1.82) is 0 Å². The first-order valence-corrected chi connectivity index (χ1v) is 12.5. The molecule has 0 bridgehead atoms. The molecule has 0 amide bonds. The summed E-state index contributed by atoms with van der Waals surface area (Å²) < 4.78 is 0. The van der Waals surface area contributed by atoms with Crippen molar-refractivity contribution in [3.8, 4) is 0 Å². The monoisotopic (exact) mass is 436 g/mol. The third kappa shape index (κ3) is 2.77. The minimum Gasteiger partial charge on any atom is -0.393 e. The third-order valence-electron chi connectivity index (χ3n) is 10.0. The Kier molecular flexibility index (Phi) is 4.51. The zero-order chi connectivity index (χ0) is 22.3. The van der Waals surface area contributed by atoms with Gasteiger partial charge in [-0.3, -0.25) is 5.10 Å². The number of rotatable bonds is 1. The number of aromatic nitrogens is 2. The Morgan fingerprint density at radius 3 is 2.75 bits per heavy atom. The molecule has 0 saturated heterocycles. The number of allylic oxidation sites excluding steroid dienone is 2. The van der Waals surface area contributed by atoms with Crippen molar-refractivity contribution in [1.82, 2.24) is 10.2 Å². The number of H-pyrrole nitrogens is 1. The summed E-state index contributed by atoms with van der Waals surface area (Å²) in [6.07, 6.45) is 9.31. The largest absolute Gasteiger partial charge is 0.393 e. The molecule has 0 radical (unpaired) electrons. The Labute approximate surface area is 189 Å². The molecule has 5 nitrogen and oxygen atoms in total. The van der Waals surface area contributed by atoms with Crippen molar-refractivity contribution >= 4 is 16.5 Å². The Balaban J connectivity index is 1.36. The fourth-order valence-electron chi connectivity index (χ4n) is 8.16. The summed E-state index contributed by atoms with van der Waals surface area (Å²) in [4.78, 5) is 0. The van der Waals surface area contributed by atoms with E-state index in [1.165, 1.54) is 11.1 Å². The summed E-state index contributed by atoms with van der Waals surface area (Å²) in [5, 5.41) is 43.1. The summed E-state index contributed by atoms with van der Waals surface area (Å²) in [5.41, 5.74) is 2.31. The minimum atomic E-state index is -1.07. The van der Waals surface area contributed by atoms with Gasteiger partial charge in [0.1, 0.15) is 0 Å². The van der Waals surface area contributed by atoms with Gasteiger partial charge in [-0.05, 0) is 105 Å². The molecule has 1 aromatic carbocycles. The quantitative estimate of drug-likeness (QED) is 0.530. The van der Waals surface area contributed by atoms with E-state index in [0.717, 1.165) is 55.1 Å². The lowest BCUT2D eigenvalue weighted by Gasteiger charge is -2.57. The molecule has 1 heterocycles. The Morgan fingerprint density at radius 2 is 1.91 bits per heavy atom. The van der Waals surface area contributed by atoms with Crippen LogP contribution in [0.25, 0.3) is 16.5 Å². The highest BCUT2D eigenvalue weighted by Gasteiger charge is 2.65. The van der Waals surface area contributed by atoms with Gasteiger partial charge in [0.15, 0.2) is 0 Å². The lowest BCUT2D eigenvalue weighted by molar-refractivity contribution is -0.228. The van der Waals surface area contributed by atoms with E-state index in [2.05, 4.69) is 48.3 Å². The van der Waals surface area contributed by atoms with Crippen LogP contribution >= 0.6 is 0 Å². The van der Waals surface area contributed by atoms with Crippen LogP contribution in [0.2, 0.25) is 0 Å². The van der Waals surface area contributed by atoms with E-state index in [9.17, 15) is 15.3 Å². The van der Waals surface area contributed by atoms with Crippen LogP contribution in [0, 0.1) is 30.1 Å². The number of aliphatic hydroxyl groups is 3. The van der Waals surface area contributed by atoms with Crippen LogP contribution in [0.1, 0.15) is 76.0 Å². The van der Waals surface area contributed by atoms with Crippen LogP contribution in [0.5, 0.6) is 0 Å². The SMILES string of the molecule is Cc1[nH]nc2ccc(C3=CCC4C3(C)CCC3(O)CC5CC(O)CCC5CC[C@]43O)cc12. The van der Waals surface area contributed by atoms with Crippen molar-refractivity contribution in [3.05, 3.63) is 35.5 Å². The zero-order valence-corrected chi connectivity index (χ0v) is 19.3. The molecule has 3 fully saturated rings. The number of nitrogens with zero attached hydrogens (tertiary/aromatic N) is 1. The maximum Gasteiger partial charge on any atom is 0.0972 e. The van der Waals surface area contributed by atoms with Gasteiger partial charge < -0.3 is 15.3 Å². The lowest BCUT2D eigenvalue weighted by atomic mass is 9.52. The molecule has 0 spiro atoms. The molecular weight excluding hydrogens is 400 g/mol. The number of aromatic amines is 1. The van der Waals surface area contributed by atoms with Gasteiger partial charge in [-0.15, -0.1) is 0 Å². The molecule has 0 aliphatic heterocycles. The van der Waals surface area contributed by atoms with Gasteiger partial charge in [0.05, 0.1) is 22.8 Å². The second-order valence-electron chi connectivity index (χ2n) is 11.6. The van der Waals surface area contributed by atoms with Crippen LogP contribution in [-0.4, -0.2) is 42.8 Å². The number of hydrogen-bond donors (Lipinski definition) is 4. The molecule has 32 heavy (non-hydrogen) atoms. The number of benzene rings is 1. The Morgan fingerprint density at radius 1 is 1.06 bits per heavy atom. The van der Waals surface area contributed by atoms with Crippen molar-refractivity contribution < 1.29 is 15.3 Å². The van der Waals surface area contributed by atoms with Crippen LogP contribution in [0.4, 0.5) is 0 Å². The third-order valence-corrected chi connectivity index (χ3v) is 10.0. The van der Waals surface area contributed by atoms with Crippen LogP contribution in [0.15, 0.2) is 24.3 Å². The molecular formula is C27H36N2O3. The van der Waals surface area contributed by atoms with Crippen molar-refractivity contribution in [2.45, 2.75) is 88.9 Å². The lowest BCUT2D eigenvalue weighted by Crippen LogP contribution is -2.64. The highest BCUT2D eigenvalue weighted by Crippen LogP contribution is 2.65. The number of aryl methyl sites for hydroxylation is 1. The summed E-state index contributed by atoms with van der Waals surface area (Å²) in [7, 11) is 0. The van der Waals surface area contributed by atoms with E-state index in [1.54, 1.807) is 0 Å². The van der Waals surface area contributed by atoms with Gasteiger partial charge in [0, 0.05) is 17.0 Å². The molecule has 6 rings (SSSR count). The molecule has 4 aliphatic rings. The van der Waals surface area contributed by atoms with Gasteiger partial charge in [-0.2, -0.15) is 5.10 Å². The topological polar surface area (TPSA) is 89.4 Å². The van der Waals surface area contributed by atoms with Gasteiger partial charge in [0.25, 0.3) is 0 Å². The first-order valence-electron chi connectivity index (χ1n) is 12.5. The van der Waals surface area contributed by atoms with Crippen molar-refractivity contribution in [3.63, 3.8) is 0 Å². The first-order chi connectivity index (χ1) is 15.2. The van der Waals surface area contributed by atoms with E-state index < -0.39 is 11.2 Å². The minimum absolute atomic E-state index is 0.0231. The average molecular weight is 437 g/mol. The summed E-state index contributed by atoms with van der Waals surface area (Å²) in [6.45, 7) is 4.36. The fourth-order valence-corrected chi connectivity index (χ4v) is 8.16. The first kappa shape index (κ1) is 20.9. The van der Waals surface area contributed by atoms with E-state index in [1.807, 2.05) is 0 Å². The maximum absolute atomic E-state index is 12.3. The van der Waals surface area contributed by atoms with Crippen LogP contribution in [-0.2, 0) is 0 Å². The number of aliphatic hydroxyl groups excluding tert-OH is 1. The summed E-state index contributed by atoms with van der Waals surface area (Å²) in [6, 6.07) is 6.48. The van der Waals surface area contributed by atoms with E-state index in [0.29, 0.717) is 31.1 Å². The van der Waals surface area contributed by atoms with Gasteiger partial charge in [0.2, 0.25) is 0 Å². The summed E-state index contributed by atoms with van der Waals surface area (Å²) >= 11 is 0. The fraction of sp³-hybridized carbons (Fsp3) is 0.667. The normalized spacial score (nSPS) is 43.8. The van der Waals surface area contributed by atoms with E-state index in [-0.39, 0.29) is 17.4 Å². The molecule has 5 heteroatoms. The molecule has 7 atom stereocenters. The number of nitrogens with one attached hydrogen (secondary N) is 1.